The van der Waals surface area contributed by atoms with Gasteiger partial charge in [0.05, 0.1) is 6.04 Å². The quantitative estimate of drug-likeness (QED) is 0.604. The first-order chi connectivity index (χ1) is 14.9. The molecule has 1 aromatic heterocycles. The molecular weight excluding hydrogens is 417 g/mol. The molecule has 0 aliphatic carbocycles. The number of aryl methyl sites for hydroxylation is 1. The van der Waals surface area contributed by atoms with Crippen molar-refractivity contribution in [1.29, 1.82) is 0 Å². The zero-order valence-electron chi connectivity index (χ0n) is 17.2. The SMILES string of the molecule is Cc1cccc(NC(=O)N2CCC[C@H]2c2nnc(C(=O)Nc3cccc(F)c3)s2)c1C. The van der Waals surface area contributed by atoms with Crippen molar-refractivity contribution in [2.45, 2.75) is 32.7 Å². The lowest BCUT2D eigenvalue weighted by atomic mass is 10.1. The van der Waals surface area contributed by atoms with Gasteiger partial charge in [-0.2, -0.15) is 0 Å². The van der Waals surface area contributed by atoms with E-state index in [1.807, 2.05) is 32.0 Å². The van der Waals surface area contributed by atoms with Gasteiger partial charge in [-0.1, -0.05) is 29.5 Å². The number of anilines is 2. The van der Waals surface area contributed by atoms with Crippen LogP contribution in [0.5, 0.6) is 0 Å². The molecule has 2 aromatic carbocycles. The molecule has 4 rings (SSSR count). The normalized spacial score (nSPS) is 15.7. The number of amides is 3. The molecular formula is C22H22FN5O2S. The average molecular weight is 440 g/mol. The molecule has 1 fully saturated rings. The lowest BCUT2D eigenvalue weighted by Crippen LogP contribution is -2.34. The first kappa shape index (κ1) is 20.9. The van der Waals surface area contributed by atoms with E-state index < -0.39 is 11.7 Å². The van der Waals surface area contributed by atoms with Crippen molar-refractivity contribution < 1.29 is 14.0 Å². The first-order valence-corrected chi connectivity index (χ1v) is 10.8. The molecule has 3 aromatic rings. The minimum Gasteiger partial charge on any atom is -0.320 e. The van der Waals surface area contributed by atoms with Gasteiger partial charge in [0.25, 0.3) is 5.91 Å². The second-order valence-electron chi connectivity index (χ2n) is 7.44. The van der Waals surface area contributed by atoms with E-state index >= 15 is 0 Å². The van der Waals surface area contributed by atoms with Gasteiger partial charge in [0, 0.05) is 17.9 Å². The van der Waals surface area contributed by atoms with Crippen LogP contribution in [-0.2, 0) is 0 Å². The fourth-order valence-corrected chi connectivity index (χ4v) is 4.44. The number of aromatic nitrogens is 2. The van der Waals surface area contributed by atoms with E-state index in [9.17, 15) is 14.0 Å². The molecule has 0 radical (unpaired) electrons. The van der Waals surface area contributed by atoms with Crippen LogP contribution in [0.1, 0.15) is 44.8 Å². The zero-order valence-corrected chi connectivity index (χ0v) is 18.0. The highest BCUT2D eigenvalue weighted by Gasteiger charge is 2.33. The molecule has 1 saturated heterocycles. The van der Waals surface area contributed by atoms with Crippen molar-refractivity contribution in [1.82, 2.24) is 15.1 Å². The molecule has 2 N–H and O–H groups in total. The predicted molar refractivity (Wildman–Crippen MR) is 118 cm³/mol. The van der Waals surface area contributed by atoms with Gasteiger partial charge < -0.3 is 15.5 Å². The van der Waals surface area contributed by atoms with Crippen molar-refractivity contribution in [3.05, 3.63) is 69.4 Å². The van der Waals surface area contributed by atoms with E-state index in [0.717, 1.165) is 41.0 Å². The summed E-state index contributed by atoms with van der Waals surface area (Å²) in [6.45, 7) is 4.58. The maximum Gasteiger partial charge on any atom is 0.322 e. The Balaban J connectivity index is 1.46. The van der Waals surface area contributed by atoms with Gasteiger partial charge in [0.1, 0.15) is 10.8 Å². The molecule has 3 amide bonds. The van der Waals surface area contributed by atoms with E-state index in [4.69, 9.17) is 0 Å². The Hall–Kier alpha value is -3.33. The summed E-state index contributed by atoms with van der Waals surface area (Å²) in [6, 6.07) is 11.0. The molecule has 0 bridgehead atoms. The second kappa shape index (κ2) is 8.81. The van der Waals surface area contributed by atoms with Crippen LogP contribution in [0.15, 0.2) is 42.5 Å². The third-order valence-electron chi connectivity index (χ3n) is 5.36. The molecule has 1 atom stereocenters. The van der Waals surface area contributed by atoms with Crippen LogP contribution in [0.3, 0.4) is 0 Å². The topological polar surface area (TPSA) is 87.2 Å². The Morgan fingerprint density at radius 3 is 2.74 bits per heavy atom. The lowest BCUT2D eigenvalue weighted by molar-refractivity contribution is 0.102. The number of rotatable bonds is 4. The Bertz CT molecular complexity index is 1130. The third kappa shape index (κ3) is 4.56. The largest absolute Gasteiger partial charge is 0.322 e. The Labute approximate surface area is 183 Å². The van der Waals surface area contributed by atoms with E-state index in [2.05, 4.69) is 20.8 Å². The predicted octanol–water partition coefficient (Wildman–Crippen LogP) is 4.92. The van der Waals surface area contributed by atoms with Crippen LogP contribution < -0.4 is 10.6 Å². The zero-order chi connectivity index (χ0) is 22.0. The number of likely N-dealkylation sites (tertiary alicyclic amines) is 1. The minimum atomic E-state index is -0.460. The fourth-order valence-electron chi connectivity index (χ4n) is 3.55. The van der Waals surface area contributed by atoms with Crippen LogP contribution in [0, 0.1) is 19.7 Å². The van der Waals surface area contributed by atoms with Gasteiger partial charge in [0.15, 0.2) is 0 Å². The van der Waals surface area contributed by atoms with Crippen molar-refractivity contribution in [3.8, 4) is 0 Å². The van der Waals surface area contributed by atoms with Crippen molar-refractivity contribution in [3.63, 3.8) is 0 Å². The monoisotopic (exact) mass is 439 g/mol. The summed E-state index contributed by atoms with van der Waals surface area (Å²) in [6.07, 6.45) is 1.59. The number of urea groups is 1. The molecule has 9 heteroatoms. The highest BCUT2D eigenvalue weighted by Crippen LogP contribution is 2.34. The molecule has 7 nitrogen and oxygen atoms in total. The maximum atomic E-state index is 13.3. The van der Waals surface area contributed by atoms with Gasteiger partial charge in [0.2, 0.25) is 5.01 Å². The smallest absolute Gasteiger partial charge is 0.320 e. The van der Waals surface area contributed by atoms with Crippen LogP contribution in [0.4, 0.5) is 20.6 Å². The van der Waals surface area contributed by atoms with Crippen LogP contribution in [0.2, 0.25) is 0 Å². The van der Waals surface area contributed by atoms with E-state index in [1.54, 1.807) is 11.0 Å². The van der Waals surface area contributed by atoms with Crippen molar-refractivity contribution >= 4 is 34.6 Å². The van der Waals surface area contributed by atoms with Crippen molar-refractivity contribution in [2.24, 2.45) is 0 Å². The number of nitrogens with zero attached hydrogens (tertiary/aromatic N) is 3. The van der Waals surface area contributed by atoms with Crippen LogP contribution in [0.25, 0.3) is 0 Å². The molecule has 0 unspecified atom stereocenters. The summed E-state index contributed by atoms with van der Waals surface area (Å²) in [5.74, 6) is -0.897. The van der Waals surface area contributed by atoms with E-state index in [-0.39, 0.29) is 17.1 Å². The average Bonchev–Trinajstić information content (AvgIpc) is 3.41. The number of carbonyl (C=O) groups is 2. The Morgan fingerprint density at radius 1 is 1.13 bits per heavy atom. The summed E-state index contributed by atoms with van der Waals surface area (Å²) in [5, 5.41) is 14.5. The standard InChI is InChI=1S/C22H22FN5O2S/c1-13-6-3-9-17(14(13)2)25-22(30)28-11-5-10-18(28)20-26-27-21(31-20)19(29)24-16-8-4-7-15(23)12-16/h3-4,6-9,12,18H,5,10-11H2,1-2H3,(H,24,29)(H,25,30)/t18-/m0/s1. The third-order valence-corrected chi connectivity index (χ3v) is 6.39. The molecule has 0 saturated carbocycles. The number of halogens is 1. The molecule has 1 aliphatic rings. The number of nitrogens with one attached hydrogen (secondary N) is 2. The Kier molecular flexibility index (Phi) is 5.94. The summed E-state index contributed by atoms with van der Waals surface area (Å²) in [4.78, 5) is 27.1. The summed E-state index contributed by atoms with van der Waals surface area (Å²) < 4.78 is 13.3. The molecule has 160 valence electrons. The summed E-state index contributed by atoms with van der Waals surface area (Å²) >= 11 is 1.15. The lowest BCUT2D eigenvalue weighted by Gasteiger charge is -2.23. The second-order valence-corrected chi connectivity index (χ2v) is 8.45. The van der Waals surface area contributed by atoms with Gasteiger partial charge in [-0.15, -0.1) is 10.2 Å². The molecule has 2 heterocycles. The number of carbonyl (C=O) groups excluding carboxylic acids is 2. The van der Waals surface area contributed by atoms with Gasteiger partial charge in [-0.25, -0.2) is 9.18 Å². The van der Waals surface area contributed by atoms with E-state index in [1.165, 1.54) is 18.2 Å². The summed E-state index contributed by atoms with van der Waals surface area (Å²) in [7, 11) is 0. The van der Waals surface area contributed by atoms with Gasteiger partial charge >= 0.3 is 6.03 Å². The van der Waals surface area contributed by atoms with Crippen LogP contribution in [-0.4, -0.2) is 33.6 Å². The molecule has 0 spiro atoms. The summed E-state index contributed by atoms with van der Waals surface area (Å²) in [5.41, 5.74) is 3.26. The van der Waals surface area contributed by atoms with E-state index in [0.29, 0.717) is 17.2 Å². The van der Waals surface area contributed by atoms with Gasteiger partial charge in [-0.3, -0.25) is 4.79 Å². The molecule has 1 aliphatic heterocycles. The van der Waals surface area contributed by atoms with Crippen LogP contribution >= 0.6 is 11.3 Å². The number of hydrogen-bond acceptors (Lipinski definition) is 5. The minimum absolute atomic E-state index is 0.168. The molecule has 31 heavy (non-hydrogen) atoms. The first-order valence-electron chi connectivity index (χ1n) is 9.96. The fraction of sp³-hybridized carbons (Fsp3) is 0.273. The Morgan fingerprint density at radius 2 is 1.94 bits per heavy atom. The number of hydrogen-bond donors (Lipinski definition) is 2. The highest BCUT2D eigenvalue weighted by molar-refractivity contribution is 7.13. The maximum absolute atomic E-state index is 13.3. The van der Waals surface area contributed by atoms with Gasteiger partial charge in [-0.05, 0) is 62.1 Å². The number of benzene rings is 2. The van der Waals surface area contributed by atoms with Crippen molar-refractivity contribution in [2.75, 3.05) is 17.2 Å². The highest BCUT2D eigenvalue weighted by atomic mass is 32.1.